The third kappa shape index (κ3) is 2.25. The van der Waals surface area contributed by atoms with Gasteiger partial charge in [0.1, 0.15) is 11.2 Å². The fourth-order valence-corrected chi connectivity index (χ4v) is 1.74. The average molecular weight is 237 g/mol. The van der Waals surface area contributed by atoms with Gasteiger partial charge < -0.3 is 20.7 Å². The Hall–Kier alpha value is -1.98. The van der Waals surface area contributed by atoms with Crippen LogP contribution in [-0.4, -0.2) is 23.5 Å². The lowest BCUT2D eigenvalue weighted by Crippen LogP contribution is -2.41. The van der Waals surface area contributed by atoms with Crippen molar-refractivity contribution in [1.82, 2.24) is 5.32 Å². The first-order chi connectivity index (χ1) is 8.19. The van der Waals surface area contributed by atoms with Crippen LogP contribution in [-0.2, 0) is 11.2 Å². The van der Waals surface area contributed by atoms with Crippen molar-refractivity contribution in [3.05, 3.63) is 24.2 Å². The monoisotopic (exact) mass is 237 g/mol. The molecule has 1 aromatic rings. The third-order valence-corrected chi connectivity index (χ3v) is 3.02. The molecule has 1 aromatic heterocycles. The van der Waals surface area contributed by atoms with Crippen molar-refractivity contribution in [2.24, 2.45) is 16.3 Å². The van der Waals surface area contributed by atoms with Crippen LogP contribution in [0.4, 0.5) is 0 Å². The van der Waals surface area contributed by atoms with Gasteiger partial charge in [-0.3, -0.25) is 4.79 Å². The van der Waals surface area contributed by atoms with Crippen molar-refractivity contribution in [3.8, 4) is 0 Å². The molecular formula is C11H15N3O3. The first-order valence-corrected chi connectivity index (χ1v) is 5.48. The zero-order chi connectivity index (χ0) is 12.3. The van der Waals surface area contributed by atoms with E-state index in [0.717, 1.165) is 5.76 Å². The molecular weight excluding hydrogens is 222 g/mol. The molecule has 6 heteroatoms. The van der Waals surface area contributed by atoms with E-state index in [4.69, 9.17) is 15.4 Å². The second-order valence-electron chi connectivity index (χ2n) is 4.15. The number of furan rings is 1. The number of oxime groups is 1. The van der Waals surface area contributed by atoms with E-state index in [9.17, 15) is 4.79 Å². The molecule has 0 radical (unpaired) electrons. The predicted molar refractivity (Wildman–Crippen MR) is 60.5 cm³/mol. The number of carbonyl (C=O) groups is 1. The van der Waals surface area contributed by atoms with Gasteiger partial charge in [0.05, 0.1) is 6.26 Å². The highest BCUT2D eigenvalue weighted by molar-refractivity contribution is 6.09. The summed E-state index contributed by atoms with van der Waals surface area (Å²) >= 11 is 0. The maximum Gasteiger partial charge on any atom is 0.233 e. The van der Waals surface area contributed by atoms with Crippen LogP contribution in [0, 0.1) is 5.41 Å². The topological polar surface area (TPSA) is 101 Å². The minimum atomic E-state index is -0.780. The molecule has 4 N–H and O–H groups in total. The van der Waals surface area contributed by atoms with Crippen molar-refractivity contribution >= 4 is 11.7 Å². The van der Waals surface area contributed by atoms with Crippen LogP contribution in [0.15, 0.2) is 28.0 Å². The highest BCUT2D eigenvalue weighted by atomic mass is 16.4. The molecule has 0 saturated heterocycles. The summed E-state index contributed by atoms with van der Waals surface area (Å²) in [7, 11) is 0. The number of hydrogen-bond acceptors (Lipinski definition) is 4. The van der Waals surface area contributed by atoms with Gasteiger partial charge >= 0.3 is 0 Å². The molecule has 0 unspecified atom stereocenters. The highest BCUT2D eigenvalue weighted by Crippen LogP contribution is 2.45. The largest absolute Gasteiger partial charge is 0.469 e. The molecule has 2 rings (SSSR count). The van der Waals surface area contributed by atoms with E-state index in [1.54, 1.807) is 12.3 Å². The summed E-state index contributed by atoms with van der Waals surface area (Å²) in [4.78, 5) is 11.8. The van der Waals surface area contributed by atoms with Crippen LogP contribution in [0.3, 0.4) is 0 Å². The normalized spacial score (nSPS) is 17.8. The van der Waals surface area contributed by atoms with E-state index in [-0.39, 0.29) is 11.7 Å². The van der Waals surface area contributed by atoms with Crippen molar-refractivity contribution in [3.63, 3.8) is 0 Å². The first kappa shape index (κ1) is 11.5. The minimum Gasteiger partial charge on any atom is -0.469 e. The summed E-state index contributed by atoms with van der Waals surface area (Å²) in [5.74, 6) is 0.631. The smallest absolute Gasteiger partial charge is 0.233 e. The van der Waals surface area contributed by atoms with E-state index in [1.165, 1.54) is 0 Å². The number of nitrogens with two attached hydrogens (primary N) is 1. The predicted octanol–water partition coefficient (Wildman–Crippen LogP) is 0.465. The Kier molecular flexibility index (Phi) is 3.03. The molecule has 17 heavy (non-hydrogen) atoms. The van der Waals surface area contributed by atoms with Crippen molar-refractivity contribution in [2.75, 3.05) is 6.54 Å². The number of amidine groups is 1. The molecule has 1 aliphatic carbocycles. The summed E-state index contributed by atoms with van der Waals surface area (Å²) in [6.07, 6.45) is 3.49. The van der Waals surface area contributed by atoms with Crippen LogP contribution in [0.1, 0.15) is 18.6 Å². The van der Waals surface area contributed by atoms with E-state index >= 15 is 0 Å². The molecule has 6 nitrogen and oxygen atoms in total. The van der Waals surface area contributed by atoms with Gasteiger partial charge in [0.25, 0.3) is 0 Å². The maximum absolute atomic E-state index is 11.8. The molecule has 1 aliphatic rings. The Bertz CT molecular complexity index is 421. The van der Waals surface area contributed by atoms with Crippen LogP contribution in [0.2, 0.25) is 0 Å². The Morgan fingerprint density at radius 3 is 2.94 bits per heavy atom. The Morgan fingerprint density at radius 2 is 2.41 bits per heavy atom. The molecule has 0 aromatic carbocycles. The van der Waals surface area contributed by atoms with E-state index in [2.05, 4.69) is 10.5 Å². The molecule has 92 valence electrons. The van der Waals surface area contributed by atoms with Gasteiger partial charge in [-0.25, -0.2) is 0 Å². The van der Waals surface area contributed by atoms with Gasteiger partial charge in [-0.1, -0.05) is 5.16 Å². The molecule has 0 aliphatic heterocycles. The van der Waals surface area contributed by atoms with E-state index < -0.39 is 5.41 Å². The Labute approximate surface area is 98.5 Å². The standard InChI is InChI=1S/C11H15N3O3/c12-9(14-16)11(4-5-11)10(15)13-6-3-8-2-1-7-17-8/h1-2,7,16H,3-6H2,(H2,12,14)(H,13,15). The second kappa shape index (κ2) is 4.48. The van der Waals surface area contributed by atoms with Gasteiger partial charge in [0.15, 0.2) is 5.84 Å². The zero-order valence-corrected chi connectivity index (χ0v) is 9.35. The summed E-state index contributed by atoms with van der Waals surface area (Å²) in [6, 6.07) is 3.65. The van der Waals surface area contributed by atoms with Gasteiger partial charge in [0, 0.05) is 13.0 Å². The number of nitrogens with zero attached hydrogens (tertiary/aromatic N) is 1. The van der Waals surface area contributed by atoms with Gasteiger partial charge in [-0.15, -0.1) is 0 Å². The van der Waals surface area contributed by atoms with Crippen LogP contribution < -0.4 is 11.1 Å². The molecule has 0 atom stereocenters. The van der Waals surface area contributed by atoms with E-state index in [0.29, 0.717) is 25.8 Å². The highest BCUT2D eigenvalue weighted by Gasteiger charge is 2.54. The number of carbonyl (C=O) groups excluding carboxylic acids is 1. The lowest BCUT2D eigenvalue weighted by Gasteiger charge is -2.12. The van der Waals surface area contributed by atoms with Gasteiger partial charge in [-0.2, -0.15) is 0 Å². The third-order valence-electron chi connectivity index (χ3n) is 3.02. The van der Waals surface area contributed by atoms with Crippen molar-refractivity contribution < 1.29 is 14.4 Å². The minimum absolute atomic E-state index is 0.00648. The van der Waals surface area contributed by atoms with Crippen molar-refractivity contribution in [1.29, 1.82) is 0 Å². The maximum atomic E-state index is 11.8. The molecule has 1 saturated carbocycles. The van der Waals surface area contributed by atoms with Gasteiger partial charge in [-0.05, 0) is 25.0 Å². The Morgan fingerprint density at radius 1 is 1.65 bits per heavy atom. The lowest BCUT2D eigenvalue weighted by molar-refractivity contribution is -0.124. The number of amides is 1. The van der Waals surface area contributed by atoms with E-state index in [1.807, 2.05) is 6.07 Å². The summed E-state index contributed by atoms with van der Waals surface area (Å²) in [5.41, 5.74) is 4.72. The zero-order valence-electron chi connectivity index (χ0n) is 9.35. The lowest BCUT2D eigenvalue weighted by atomic mass is 10.1. The number of nitrogens with one attached hydrogen (secondary N) is 1. The van der Waals surface area contributed by atoms with Crippen molar-refractivity contribution in [2.45, 2.75) is 19.3 Å². The molecule has 0 spiro atoms. The fraction of sp³-hybridized carbons (Fsp3) is 0.455. The molecule has 1 fully saturated rings. The number of hydrogen-bond donors (Lipinski definition) is 3. The fourth-order valence-electron chi connectivity index (χ4n) is 1.74. The summed E-state index contributed by atoms with van der Waals surface area (Å²) < 4.78 is 5.15. The average Bonchev–Trinajstić information content (AvgIpc) is 3.00. The quantitative estimate of drug-likeness (QED) is 0.300. The second-order valence-corrected chi connectivity index (χ2v) is 4.15. The summed E-state index contributed by atoms with van der Waals surface area (Å²) in [6.45, 7) is 0.479. The first-order valence-electron chi connectivity index (χ1n) is 5.48. The van der Waals surface area contributed by atoms with Gasteiger partial charge in [0.2, 0.25) is 5.91 Å². The SMILES string of the molecule is N/C(=N/O)C1(C(=O)NCCc2ccco2)CC1. The van der Waals surface area contributed by atoms with Crippen LogP contribution in [0.5, 0.6) is 0 Å². The summed E-state index contributed by atoms with van der Waals surface area (Å²) in [5, 5.41) is 14.3. The molecule has 0 bridgehead atoms. The number of rotatable bonds is 5. The Balaban J connectivity index is 1.82. The molecule has 1 amide bonds. The van der Waals surface area contributed by atoms with Crippen LogP contribution in [0.25, 0.3) is 0 Å². The molecule has 1 heterocycles. The van der Waals surface area contributed by atoms with Crippen LogP contribution >= 0.6 is 0 Å².